The highest BCUT2D eigenvalue weighted by Crippen LogP contribution is 2.32. The van der Waals surface area contributed by atoms with Crippen LogP contribution in [0.5, 0.6) is 0 Å². The Morgan fingerprint density at radius 1 is 1.11 bits per heavy atom. The lowest BCUT2D eigenvalue weighted by Crippen LogP contribution is -2.27. The molecular formula is C20H20N4O2S. The van der Waals surface area contributed by atoms with Crippen LogP contribution in [0.3, 0.4) is 0 Å². The third kappa shape index (κ3) is 4.38. The number of carbonyl (C=O) groups is 2. The second kappa shape index (κ2) is 8.55. The number of aromatic nitrogens is 2. The lowest BCUT2D eigenvalue weighted by Gasteiger charge is -2.14. The zero-order valence-electron chi connectivity index (χ0n) is 15.1. The molecule has 6 nitrogen and oxygen atoms in total. The molecule has 2 N–H and O–H groups in total. The van der Waals surface area contributed by atoms with E-state index in [1.165, 1.54) is 0 Å². The molecule has 0 aliphatic heterocycles. The molecule has 1 aromatic carbocycles. The maximum absolute atomic E-state index is 12.9. The lowest BCUT2D eigenvalue weighted by atomic mass is 10.1. The Morgan fingerprint density at radius 2 is 1.85 bits per heavy atom. The van der Waals surface area contributed by atoms with Gasteiger partial charge in [-0.15, -0.1) is 0 Å². The van der Waals surface area contributed by atoms with Crippen molar-refractivity contribution < 1.29 is 9.59 Å². The first-order valence-corrected chi connectivity index (χ1v) is 9.44. The van der Waals surface area contributed by atoms with Gasteiger partial charge in [0.05, 0.1) is 17.4 Å². The average Bonchev–Trinajstić information content (AvgIpc) is 3.12. The van der Waals surface area contributed by atoms with E-state index in [9.17, 15) is 9.59 Å². The van der Waals surface area contributed by atoms with Gasteiger partial charge in [-0.25, -0.2) is 0 Å². The molecule has 0 saturated heterocycles. The van der Waals surface area contributed by atoms with E-state index < -0.39 is 0 Å². The molecule has 0 bridgehead atoms. The fraction of sp³-hybridized carbons (Fsp3) is 0.200. The van der Waals surface area contributed by atoms with E-state index in [0.717, 1.165) is 17.1 Å². The number of nitrogens with one attached hydrogen (secondary N) is 2. The molecule has 138 valence electrons. The predicted octanol–water partition coefficient (Wildman–Crippen LogP) is 4.04. The van der Waals surface area contributed by atoms with Gasteiger partial charge in [-0.05, 0) is 36.2 Å². The van der Waals surface area contributed by atoms with Crippen molar-refractivity contribution in [2.75, 3.05) is 5.32 Å². The summed E-state index contributed by atoms with van der Waals surface area (Å²) in [5.74, 6) is -0.463. The van der Waals surface area contributed by atoms with E-state index in [0.29, 0.717) is 28.4 Å². The summed E-state index contributed by atoms with van der Waals surface area (Å²) in [5, 5.41) is 5.78. The Balaban J connectivity index is 1.91. The number of nitrogens with zero attached hydrogens (tertiary/aromatic N) is 2. The quantitative estimate of drug-likeness (QED) is 0.676. The third-order valence-electron chi connectivity index (χ3n) is 4.04. The Kier molecular flexibility index (Phi) is 5.93. The molecule has 0 spiro atoms. The van der Waals surface area contributed by atoms with E-state index in [1.807, 2.05) is 43.3 Å². The summed E-state index contributed by atoms with van der Waals surface area (Å²) < 4.78 is 4.38. The summed E-state index contributed by atoms with van der Waals surface area (Å²) in [6.07, 6.45) is 1.95. The highest BCUT2D eigenvalue weighted by Gasteiger charge is 2.24. The predicted molar refractivity (Wildman–Crippen MR) is 107 cm³/mol. The van der Waals surface area contributed by atoms with Gasteiger partial charge in [0.1, 0.15) is 10.6 Å². The Hall–Kier alpha value is -3.06. The van der Waals surface area contributed by atoms with Gasteiger partial charge in [0, 0.05) is 12.6 Å². The number of hydrogen-bond acceptors (Lipinski definition) is 5. The number of carbonyl (C=O) groups excluding carboxylic acids is 2. The normalized spacial score (nSPS) is 11.6. The summed E-state index contributed by atoms with van der Waals surface area (Å²) in [6, 6.07) is 15.0. The van der Waals surface area contributed by atoms with Crippen LogP contribution in [-0.4, -0.2) is 21.2 Å². The molecule has 0 aliphatic rings. The van der Waals surface area contributed by atoms with Crippen molar-refractivity contribution in [2.45, 2.75) is 26.3 Å². The number of benzene rings is 1. The van der Waals surface area contributed by atoms with Crippen molar-refractivity contribution in [3.8, 4) is 11.4 Å². The molecule has 1 atom stereocenters. The molecule has 3 aromatic rings. The number of anilines is 1. The van der Waals surface area contributed by atoms with E-state index in [-0.39, 0.29) is 17.9 Å². The Bertz CT molecular complexity index is 926. The SMILES string of the molecule is CCC(=O)Nc1c(-c2ccccn2)nsc1C(=O)N[C@H](C)c1ccccc1. The van der Waals surface area contributed by atoms with Crippen LogP contribution in [0, 0.1) is 0 Å². The summed E-state index contributed by atoms with van der Waals surface area (Å²) in [4.78, 5) is 29.5. The zero-order chi connectivity index (χ0) is 19.2. The highest BCUT2D eigenvalue weighted by molar-refractivity contribution is 7.09. The lowest BCUT2D eigenvalue weighted by molar-refractivity contribution is -0.115. The van der Waals surface area contributed by atoms with Crippen LogP contribution in [0.25, 0.3) is 11.4 Å². The molecule has 0 saturated carbocycles. The van der Waals surface area contributed by atoms with Crippen molar-refractivity contribution in [1.29, 1.82) is 0 Å². The van der Waals surface area contributed by atoms with E-state index in [1.54, 1.807) is 25.3 Å². The van der Waals surface area contributed by atoms with Gasteiger partial charge in [0.2, 0.25) is 5.91 Å². The van der Waals surface area contributed by atoms with Crippen molar-refractivity contribution in [2.24, 2.45) is 0 Å². The molecule has 2 heterocycles. The molecule has 27 heavy (non-hydrogen) atoms. The van der Waals surface area contributed by atoms with Crippen molar-refractivity contribution in [3.63, 3.8) is 0 Å². The van der Waals surface area contributed by atoms with Crippen molar-refractivity contribution in [3.05, 3.63) is 65.2 Å². The molecule has 2 aromatic heterocycles. The van der Waals surface area contributed by atoms with Crippen LogP contribution in [0.4, 0.5) is 5.69 Å². The van der Waals surface area contributed by atoms with Gasteiger partial charge in [0.25, 0.3) is 5.91 Å². The van der Waals surface area contributed by atoms with Gasteiger partial charge in [-0.3, -0.25) is 14.6 Å². The van der Waals surface area contributed by atoms with Gasteiger partial charge in [-0.1, -0.05) is 43.3 Å². The monoisotopic (exact) mass is 380 g/mol. The van der Waals surface area contributed by atoms with Crippen LogP contribution in [-0.2, 0) is 4.79 Å². The first-order valence-electron chi connectivity index (χ1n) is 8.67. The van der Waals surface area contributed by atoms with Crippen molar-refractivity contribution in [1.82, 2.24) is 14.7 Å². The number of amides is 2. The minimum atomic E-state index is -0.280. The minimum absolute atomic E-state index is 0.172. The molecular weight excluding hydrogens is 360 g/mol. The van der Waals surface area contributed by atoms with Crippen molar-refractivity contribution >= 4 is 29.0 Å². The second-order valence-electron chi connectivity index (χ2n) is 5.96. The van der Waals surface area contributed by atoms with Crippen LogP contribution >= 0.6 is 11.5 Å². The molecule has 2 amide bonds. The van der Waals surface area contributed by atoms with Crippen LogP contribution < -0.4 is 10.6 Å². The third-order valence-corrected chi connectivity index (χ3v) is 4.88. The van der Waals surface area contributed by atoms with E-state index in [2.05, 4.69) is 20.0 Å². The molecule has 7 heteroatoms. The summed E-state index contributed by atoms with van der Waals surface area (Å²) >= 11 is 1.05. The number of hydrogen-bond donors (Lipinski definition) is 2. The summed E-state index contributed by atoms with van der Waals surface area (Å²) in [5.41, 5.74) is 2.51. The van der Waals surface area contributed by atoms with E-state index >= 15 is 0 Å². The smallest absolute Gasteiger partial charge is 0.265 e. The molecule has 3 rings (SSSR count). The van der Waals surface area contributed by atoms with Crippen LogP contribution in [0.1, 0.15) is 41.5 Å². The van der Waals surface area contributed by atoms with E-state index in [4.69, 9.17) is 0 Å². The fourth-order valence-electron chi connectivity index (χ4n) is 2.55. The Labute approximate surface area is 161 Å². The maximum atomic E-state index is 12.9. The molecule has 0 aliphatic carbocycles. The summed E-state index contributed by atoms with van der Waals surface area (Å²) in [7, 11) is 0. The molecule has 0 unspecified atom stereocenters. The first kappa shape index (κ1) is 18.7. The zero-order valence-corrected chi connectivity index (χ0v) is 15.9. The van der Waals surface area contributed by atoms with Crippen LogP contribution in [0.15, 0.2) is 54.7 Å². The fourth-order valence-corrected chi connectivity index (χ4v) is 3.30. The Morgan fingerprint density at radius 3 is 2.52 bits per heavy atom. The van der Waals surface area contributed by atoms with Crippen LogP contribution in [0.2, 0.25) is 0 Å². The number of pyridine rings is 1. The van der Waals surface area contributed by atoms with Gasteiger partial charge >= 0.3 is 0 Å². The average molecular weight is 380 g/mol. The molecule has 0 radical (unpaired) electrons. The maximum Gasteiger partial charge on any atom is 0.265 e. The molecule has 0 fully saturated rings. The minimum Gasteiger partial charge on any atom is -0.345 e. The second-order valence-corrected chi connectivity index (χ2v) is 6.73. The number of rotatable bonds is 6. The van der Waals surface area contributed by atoms with Gasteiger partial charge in [0.15, 0.2) is 0 Å². The largest absolute Gasteiger partial charge is 0.345 e. The standard InChI is InChI=1S/C20H20N4O2S/c1-3-16(25)23-18-17(15-11-7-8-12-21-15)24-27-19(18)20(26)22-13(2)14-9-5-4-6-10-14/h4-13H,3H2,1-2H3,(H,22,26)(H,23,25)/t13-/m1/s1. The summed E-state index contributed by atoms with van der Waals surface area (Å²) in [6.45, 7) is 3.67. The van der Waals surface area contributed by atoms with Gasteiger partial charge in [-0.2, -0.15) is 4.37 Å². The topological polar surface area (TPSA) is 84.0 Å². The highest BCUT2D eigenvalue weighted by atomic mass is 32.1. The van der Waals surface area contributed by atoms with Gasteiger partial charge < -0.3 is 10.6 Å². The first-order chi connectivity index (χ1) is 13.1.